The Morgan fingerprint density at radius 1 is 1.33 bits per heavy atom. The van der Waals surface area contributed by atoms with Gasteiger partial charge in [0.25, 0.3) is 5.91 Å². The van der Waals surface area contributed by atoms with Crippen LogP contribution >= 0.6 is 0 Å². The molecule has 0 bridgehead atoms. The van der Waals surface area contributed by atoms with Crippen molar-refractivity contribution in [2.24, 2.45) is 0 Å². The van der Waals surface area contributed by atoms with E-state index in [1.54, 1.807) is 12.1 Å². The molecular formula is C15H18N2O4. The monoisotopic (exact) mass is 290 g/mol. The fourth-order valence-corrected chi connectivity index (χ4v) is 2.15. The van der Waals surface area contributed by atoms with Gasteiger partial charge >= 0.3 is 12.0 Å². The van der Waals surface area contributed by atoms with Crippen molar-refractivity contribution in [1.29, 1.82) is 0 Å². The highest BCUT2D eigenvalue weighted by Crippen LogP contribution is 2.15. The van der Waals surface area contributed by atoms with Gasteiger partial charge in [0.05, 0.1) is 5.56 Å². The smallest absolute Gasteiger partial charge is 0.339 e. The van der Waals surface area contributed by atoms with Gasteiger partial charge in [-0.05, 0) is 38.0 Å². The maximum absolute atomic E-state index is 12.1. The van der Waals surface area contributed by atoms with Gasteiger partial charge in [0.1, 0.15) is 0 Å². The summed E-state index contributed by atoms with van der Waals surface area (Å²) in [7, 11) is 0. The van der Waals surface area contributed by atoms with Gasteiger partial charge in [0, 0.05) is 13.1 Å². The van der Waals surface area contributed by atoms with Crippen LogP contribution in [0.25, 0.3) is 0 Å². The quantitative estimate of drug-likeness (QED) is 0.854. The summed E-state index contributed by atoms with van der Waals surface area (Å²) >= 11 is 0. The van der Waals surface area contributed by atoms with Crippen molar-refractivity contribution < 1.29 is 19.1 Å². The van der Waals surface area contributed by atoms with Crippen molar-refractivity contribution in [3.63, 3.8) is 0 Å². The van der Waals surface area contributed by atoms with Crippen LogP contribution in [0.2, 0.25) is 0 Å². The van der Waals surface area contributed by atoms with Crippen LogP contribution in [0.15, 0.2) is 18.2 Å². The molecule has 1 aliphatic rings. The average molecular weight is 290 g/mol. The lowest BCUT2D eigenvalue weighted by Crippen LogP contribution is -2.41. The summed E-state index contributed by atoms with van der Waals surface area (Å²) in [5.41, 5.74) is 2.23. The minimum absolute atomic E-state index is 0.295. The van der Waals surface area contributed by atoms with E-state index in [1.165, 1.54) is 6.92 Å². The van der Waals surface area contributed by atoms with E-state index in [2.05, 4.69) is 5.32 Å². The second-order valence-electron chi connectivity index (χ2n) is 5.02. The number of nitrogens with one attached hydrogen (secondary N) is 1. The maximum Gasteiger partial charge on any atom is 0.339 e. The predicted molar refractivity (Wildman–Crippen MR) is 75.9 cm³/mol. The molecule has 0 spiro atoms. The zero-order valence-electron chi connectivity index (χ0n) is 12.3. The second-order valence-corrected chi connectivity index (χ2v) is 5.02. The third-order valence-corrected chi connectivity index (χ3v) is 3.58. The highest BCUT2D eigenvalue weighted by atomic mass is 16.5. The number of hydrogen-bond acceptors (Lipinski definition) is 4. The lowest BCUT2D eigenvalue weighted by atomic mass is 10.0. The molecule has 6 heteroatoms. The van der Waals surface area contributed by atoms with Gasteiger partial charge in [-0.1, -0.05) is 12.1 Å². The molecule has 0 radical (unpaired) electrons. The summed E-state index contributed by atoms with van der Waals surface area (Å²) in [6, 6.07) is 4.87. The van der Waals surface area contributed by atoms with Crippen molar-refractivity contribution in [2.75, 3.05) is 13.1 Å². The molecule has 1 saturated heterocycles. The van der Waals surface area contributed by atoms with Gasteiger partial charge in [0.2, 0.25) is 0 Å². The second kappa shape index (κ2) is 5.95. The molecule has 1 atom stereocenters. The Morgan fingerprint density at radius 2 is 2.05 bits per heavy atom. The first-order valence-electron chi connectivity index (χ1n) is 6.78. The number of carbonyl (C=O) groups is 3. The van der Waals surface area contributed by atoms with E-state index in [4.69, 9.17) is 4.74 Å². The third kappa shape index (κ3) is 3.04. The molecule has 0 aliphatic carbocycles. The van der Waals surface area contributed by atoms with Gasteiger partial charge in [-0.3, -0.25) is 9.69 Å². The number of rotatable bonds is 3. The van der Waals surface area contributed by atoms with Gasteiger partial charge < -0.3 is 10.1 Å². The Kier molecular flexibility index (Phi) is 4.26. The number of aryl methyl sites for hydroxylation is 1. The molecule has 1 fully saturated rings. The number of urea groups is 1. The average Bonchev–Trinajstić information content (AvgIpc) is 2.87. The molecule has 1 N–H and O–H groups in total. The number of ether oxygens (including phenoxy) is 1. The molecule has 0 aromatic heterocycles. The summed E-state index contributed by atoms with van der Waals surface area (Å²) in [4.78, 5) is 36.7. The molecule has 1 unspecified atom stereocenters. The van der Waals surface area contributed by atoms with Crippen molar-refractivity contribution >= 4 is 17.9 Å². The van der Waals surface area contributed by atoms with Gasteiger partial charge in [-0.2, -0.15) is 0 Å². The fraction of sp³-hybridized carbons (Fsp3) is 0.400. The van der Waals surface area contributed by atoms with Crippen molar-refractivity contribution in [3.8, 4) is 0 Å². The Labute approximate surface area is 123 Å². The van der Waals surface area contributed by atoms with Crippen LogP contribution in [0, 0.1) is 13.8 Å². The van der Waals surface area contributed by atoms with Crippen molar-refractivity contribution in [1.82, 2.24) is 10.2 Å². The molecule has 6 nitrogen and oxygen atoms in total. The maximum atomic E-state index is 12.1. The zero-order chi connectivity index (χ0) is 15.6. The molecule has 112 valence electrons. The van der Waals surface area contributed by atoms with Crippen LogP contribution in [-0.4, -0.2) is 42.0 Å². The number of carbonyl (C=O) groups excluding carboxylic acids is 3. The van der Waals surface area contributed by atoms with Crippen molar-refractivity contribution in [2.45, 2.75) is 26.9 Å². The Hall–Kier alpha value is -2.37. The van der Waals surface area contributed by atoms with E-state index in [0.29, 0.717) is 18.7 Å². The SMILES string of the molecule is Cc1cccc(C(=O)OC(C)C(=O)N2CCNC2=O)c1C. The van der Waals surface area contributed by atoms with Crippen LogP contribution in [0.5, 0.6) is 0 Å². The zero-order valence-corrected chi connectivity index (χ0v) is 12.3. The minimum Gasteiger partial charge on any atom is -0.449 e. The summed E-state index contributed by atoms with van der Waals surface area (Å²) in [6.45, 7) is 5.91. The van der Waals surface area contributed by atoms with Crippen LogP contribution in [0.4, 0.5) is 4.79 Å². The first-order valence-corrected chi connectivity index (χ1v) is 6.78. The van der Waals surface area contributed by atoms with E-state index in [9.17, 15) is 14.4 Å². The van der Waals surface area contributed by atoms with E-state index >= 15 is 0 Å². The molecular weight excluding hydrogens is 272 g/mol. The summed E-state index contributed by atoms with van der Waals surface area (Å²) in [5, 5.41) is 2.53. The van der Waals surface area contributed by atoms with Gasteiger partial charge in [0.15, 0.2) is 6.10 Å². The van der Waals surface area contributed by atoms with Crippen LogP contribution in [0.1, 0.15) is 28.4 Å². The highest BCUT2D eigenvalue weighted by Gasteiger charge is 2.31. The Balaban J connectivity index is 2.07. The lowest BCUT2D eigenvalue weighted by molar-refractivity contribution is -0.136. The number of hydrogen-bond donors (Lipinski definition) is 1. The number of nitrogens with zero attached hydrogens (tertiary/aromatic N) is 1. The molecule has 1 aromatic carbocycles. The minimum atomic E-state index is -0.999. The summed E-state index contributed by atoms with van der Waals surface area (Å²) in [6.07, 6.45) is -0.999. The molecule has 1 aromatic rings. The highest BCUT2D eigenvalue weighted by molar-refractivity contribution is 5.99. The fourth-order valence-electron chi connectivity index (χ4n) is 2.15. The van der Waals surface area contributed by atoms with Gasteiger partial charge in [-0.25, -0.2) is 9.59 Å². The topological polar surface area (TPSA) is 75.7 Å². The lowest BCUT2D eigenvalue weighted by Gasteiger charge is -2.18. The first kappa shape index (κ1) is 15.0. The molecule has 1 heterocycles. The van der Waals surface area contributed by atoms with Crippen LogP contribution in [0.3, 0.4) is 0 Å². The molecule has 3 amide bonds. The Morgan fingerprint density at radius 3 is 2.67 bits per heavy atom. The summed E-state index contributed by atoms with van der Waals surface area (Å²) < 4.78 is 5.18. The largest absolute Gasteiger partial charge is 0.449 e. The normalized spacial score (nSPS) is 15.6. The predicted octanol–water partition coefficient (Wildman–Crippen LogP) is 1.40. The molecule has 0 saturated carbocycles. The number of benzene rings is 1. The third-order valence-electron chi connectivity index (χ3n) is 3.58. The van der Waals surface area contributed by atoms with E-state index in [1.807, 2.05) is 19.9 Å². The molecule has 1 aliphatic heterocycles. The molecule has 2 rings (SSSR count). The van der Waals surface area contributed by atoms with Crippen LogP contribution in [-0.2, 0) is 9.53 Å². The number of amides is 3. The number of esters is 1. The van der Waals surface area contributed by atoms with E-state index in [0.717, 1.165) is 16.0 Å². The van der Waals surface area contributed by atoms with Crippen LogP contribution < -0.4 is 5.32 Å². The number of imide groups is 1. The first-order chi connectivity index (χ1) is 9.91. The van der Waals surface area contributed by atoms with Gasteiger partial charge in [-0.15, -0.1) is 0 Å². The van der Waals surface area contributed by atoms with E-state index in [-0.39, 0.29) is 0 Å². The Bertz CT molecular complexity index is 597. The van der Waals surface area contributed by atoms with Crippen molar-refractivity contribution in [3.05, 3.63) is 34.9 Å². The standard InChI is InChI=1S/C15H18N2O4/c1-9-5-4-6-12(10(9)2)14(19)21-11(3)13(18)17-8-7-16-15(17)20/h4-6,11H,7-8H2,1-3H3,(H,16,20). The van der Waals surface area contributed by atoms with E-state index < -0.39 is 24.0 Å². The summed E-state index contributed by atoms with van der Waals surface area (Å²) in [5.74, 6) is -1.07. The molecule has 21 heavy (non-hydrogen) atoms.